The Labute approximate surface area is 141 Å². The van der Waals surface area contributed by atoms with Crippen LogP contribution in [0.5, 0.6) is 0 Å². The second-order valence-corrected chi connectivity index (χ2v) is 8.81. The Balaban J connectivity index is 1.88. The molecule has 3 heterocycles. The summed E-state index contributed by atoms with van der Waals surface area (Å²) >= 11 is 0. The Hall–Kier alpha value is -1.90. The van der Waals surface area contributed by atoms with Crippen LogP contribution in [0.25, 0.3) is 0 Å². The van der Waals surface area contributed by atoms with Gasteiger partial charge in [-0.15, -0.1) is 0 Å². The Bertz CT molecular complexity index is 765. The highest BCUT2D eigenvalue weighted by molar-refractivity contribution is 7.91. The Morgan fingerprint density at radius 1 is 1.38 bits per heavy atom. The van der Waals surface area contributed by atoms with E-state index in [0.29, 0.717) is 29.6 Å². The first kappa shape index (κ1) is 16.9. The van der Waals surface area contributed by atoms with Crippen LogP contribution >= 0.6 is 0 Å². The van der Waals surface area contributed by atoms with Crippen LogP contribution in [0.2, 0.25) is 0 Å². The Morgan fingerprint density at radius 2 is 2.12 bits per heavy atom. The van der Waals surface area contributed by atoms with Crippen molar-refractivity contribution in [3.63, 3.8) is 0 Å². The zero-order valence-electron chi connectivity index (χ0n) is 14.1. The average molecular weight is 353 g/mol. The molecule has 2 aliphatic heterocycles. The number of fused-ring (bicyclic) bond motifs is 1. The van der Waals surface area contributed by atoms with Crippen LogP contribution in [0.4, 0.5) is 17.3 Å². The van der Waals surface area contributed by atoms with Gasteiger partial charge in [0.15, 0.2) is 21.5 Å². The van der Waals surface area contributed by atoms with Gasteiger partial charge in [-0.1, -0.05) is 20.3 Å². The lowest BCUT2D eigenvalue weighted by Crippen LogP contribution is -2.44. The van der Waals surface area contributed by atoms with Crippen LogP contribution < -0.4 is 16.0 Å². The number of hydrogen-bond donors (Lipinski definition) is 3. The second kappa shape index (κ2) is 6.19. The van der Waals surface area contributed by atoms with Gasteiger partial charge >= 0.3 is 0 Å². The maximum atomic E-state index is 12.4. The van der Waals surface area contributed by atoms with Crippen molar-refractivity contribution >= 4 is 33.1 Å². The zero-order chi connectivity index (χ0) is 17.5. The van der Waals surface area contributed by atoms with Crippen LogP contribution in [-0.2, 0) is 14.6 Å². The SMILES string of the molecule is CCC(C)C1Nc2nc(C)nc(NC3CCS(=O)(=O)C3)c2NC1=O. The number of nitrogens with one attached hydrogen (secondary N) is 3. The number of carbonyl (C=O) groups excluding carboxylic acids is 1. The molecule has 1 amide bonds. The number of sulfone groups is 1. The van der Waals surface area contributed by atoms with Gasteiger partial charge in [0.05, 0.1) is 11.5 Å². The topological polar surface area (TPSA) is 113 Å². The maximum absolute atomic E-state index is 12.4. The lowest BCUT2D eigenvalue weighted by molar-refractivity contribution is -0.118. The molecule has 1 aromatic heterocycles. The highest BCUT2D eigenvalue weighted by Gasteiger charge is 2.34. The lowest BCUT2D eigenvalue weighted by atomic mass is 9.97. The van der Waals surface area contributed by atoms with Gasteiger partial charge in [0.1, 0.15) is 17.6 Å². The molecule has 9 heteroatoms. The van der Waals surface area contributed by atoms with E-state index in [9.17, 15) is 13.2 Å². The van der Waals surface area contributed by atoms with E-state index < -0.39 is 9.84 Å². The van der Waals surface area contributed by atoms with Crippen molar-refractivity contribution in [2.24, 2.45) is 5.92 Å². The zero-order valence-corrected chi connectivity index (χ0v) is 14.9. The highest BCUT2D eigenvalue weighted by atomic mass is 32.2. The van der Waals surface area contributed by atoms with E-state index in [4.69, 9.17) is 0 Å². The summed E-state index contributed by atoms with van der Waals surface area (Å²) in [6, 6.07) is -0.533. The molecule has 0 aliphatic carbocycles. The summed E-state index contributed by atoms with van der Waals surface area (Å²) in [6.07, 6.45) is 1.41. The first-order valence-electron chi connectivity index (χ1n) is 8.22. The van der Waals surface area contributed by atoms with Crippen molar-refractivity contribution in [2.75, 3.05) is 27.5 Å². The summed E-state index contributed by atoms with van der Waals surface area (Å²) in [6.45, 7) is 5.82. The van der Waals surface area contributed by atoms with Crippen molar-refractivity contribution in [3.05, 3.63) is 5.82 Å². The normalized spacial score (nSPS) is 26.2. The monoisotopic (exact) mass is 353 g/mol. The summed E-state index contributed by atoms with van der Waals surface area (Å²) < 4.78 is 23.3. The van der Waals surface area contributed by atoms with Gasteiger partial charge in [-0.3, -0.25) is 4.79 Å². The van der Waals surface area contributed by atoms with Gasteiger partial charge in [0, 0.05) is 6.04 Å². The number of amides is 1. The molecular weight excluding hydrogens is 330 g/mol. The molecule has 0 radical (unpaired) electrons. The summed E-state index contributed by atoms with van der Waals surface area (Å²) in [4.78, 5) is 21.1. The lowest BCUT2D eigenvalue weighted by Gasteiger charge is -2.31. The third-order valence-electron chi connectivity index (χ3n) is 4.63. The van der Waals surface area contributed by atoms with Gasteiger partial charge in [-0.05, 0) is 19.3 Å². The molecule has 3 atom stereocenters. The fourth-order valence-corrected chi connectivity index (χ4v) is 4.73. The van der Waals surface area contributed by atoms with Crippen LogP contribution in [0.1, 0.15) is 32.5 Å². The van der Waals surface area contributed by atoms with E-state index in [1.807, 2.05) is 13.8 Å². The Kier molecular flexibility index (Phi) is 4.37. The van der Waals surface area contributed by atoms with Gasteiger partial charge in [0.2, 0.25) is 5.91 Å². The smallest absolute Gasteiger partial charge is 0.247 e. The molecule has 3 N–H and O–H groups in total. The van der Waals surface area contributed by atoms with Crippen molar-refractivity contribution in [1.29, 1.82) is 0 Å². The molecule has 0 aromatic carbocycles. The first-order chi connectivity index (χ1) is 11.3. The molecule has 2 aliphatic rings. The third kappa shape index (κ3) is 3.31. The molecule has 1 saturated heterocycles. The highest BCUT2D eigenvalue weighted by Crippen LogP contribution is 2.34. The van der Waals surface area contributed by atoms with E-state index in [-0.39, 0.29) is 35.4 Å². The van der Waals surface area contributed by atoms with Crippen LogP contribution in [0, 0.1) is 12.8 Å². The molecular formula is C15H23N5O3S. The number of anilines is 3. The molecule has 1 aromatic rings. The van der Waals surface area contributed by atoms with Crippen molar-refractivity contribution in [3.8, 4) is 0 Å². The predicted octanol–water partition coefficient (Wildman–Crippen LogP) is 1.16. The van der Waals surface area contributed by atoms with Crippen LogP contribution in [-0.4, -0.2) is 47.9 Å². The van der Waals surface area contributed by atoms with Gasteiger partial charge in [-0.25, -0.2) is 18.4 Å². The summed E-state index contributed by atoms with van der Waals surface area (Å²) in [5.74, 6) is 1.93. The molecule has 132 valence electrons. The van der Waals surface area contributed by atoms with E-state index in [2.05, 4.69) is 25.9 Å². The van der Waals surface area contributed by atoms with Crippen molar-refractivity contribution < 1.29 is 13.2 Å². The minimum atomic E-state index is -2.99. The Morgan fingerprint density at radius 3 is 2.75 bits per heavy atom. The fraction of sp³-hybridized carbons (Fsp3) is 0.667. The van der Waals surface area contributed by atoms with Crippen molar-refractivity contribution in [1.82, 2.24) is 9.97 Å². The molecule has 24 heavy (non-hydrogen) atoms. The standard InChI is InChI=1S/C15H23N5O3S/c1-4-8(2)11-15(21)20-12-13(16-9(3)17-14(12)19-11)18-10-5-6-24(22,23)7-10/h8,10-11H,4-7H2,1-3H3,(H,20,21)(H2,16,17,18,19). The molecule has 0 saturated carbocycles. The second-order valence-electron chi connectivity index (χ2n) is 6.58. The number of hydrogen-bond acceptors (Lipinski definition) is 7. The number of aromatic nitrogens is 2. The molecule has 3 unspecified atom stereocenters. The van der Waals surface area contributed by atoms with Gasteiger partial charge in [0.25, 0.3) is 0 Å². The quantitative estimate of drug-likeness (QED) is 0.744. The molecule has 8 nitrogen and oxygen atoms in total. The minimum Gasteiger partial charge on any atom is -0.364 e. The first-order valence-corrected chi connectivity index (χ1v) is 10.0. The van der Waals surface area contributed by atoms with Gasteiger partial charge < -0.3 is 16.0 Å². The molecule has 1 fully saturated rings. The fourth-order valence-electron chi connectivity index (χ4n) is 3.05. The van der Waals surface area contributed by atoms with Crippen LogP contribution in [0.15, 0.2) is 0 Å². The van der Waals surface area contributed by atoms with Gasteiger partial charge in [-0.2, -0.15) is 0 Å². The number of aryl methyl sites for hydroxylation is 1. The molecule has 0 spiro atoms. The molecule has 0 bridgehead atoms. The van der Waals surface area contributed by atoms with Crippen molar-refractivity contribution in [2.45, 2.75) is 45.7 Å². The number of rotatable bonds is 4. The maximum Gasteiger partial charge on any atom is 0.247 e. The minimum absolute atomic E-state index is 0.0850. The van der Waals surface area contributed by atoms with E-state index >= 15 is 0 Å². The van der Waals surface area contributed by atoms with Crippen LogP contribution in [0.3, 0.4) is 0 Å². The third-order valence-corrected chi connectivity index (χ3v) is 6.40. The summed E-state index contributed by atoms with van der Waals surface area (Å²) in [5, 5.41) is 9.23. The van der Waals surface area contributed by atoms with E-state index in [1.165, 1.54) is 0 Å². The number of carbonyl (C=O) groups is 1. The largest absolute Gasteiger partial charge is 0.364 e. The predicted molar refractivity (Wildman–Crippen MR) is 92.9 cm³/mol. The van der Waals surface area contributed by atoms with E-state index in [1.54, 1.807) is 6.92 Å². The number of nitrogens with zero attached hydrogens (tertiary/aromatic N) is 2. The molecule has 3 rings (SSSR count). The average Bonchev–Trinajstić information content (AvgIpc) is 2.85. The van der Waals surface area contributed by atoms with E-state index in [0.717, 1.165) is 6.42 Å². The summed E-state index contributed by atoms with van der Waals surface area (Å²) in [7, 11) is -2.99. The summed E-state index contributed by atoms with van der Waals surface area (Å²) in [5.41, 5.74) is 0.495.